The molecular formula is C16H16Cl2N2O3. The maximum atomic E-state index is 12.5. The van der Waals surface area contributed by atoms with E-state index >= 15 is 0 Å². The van der Waals surface area contributed by atoms with Crippen LogP contribution in [0.1, 0.15) is 30.1 Å². The molecule has 2 heterocycles. The largest absolute Gasteiger partial charge is 0.477 e. The van der Waals surface area contributed by atoms with E-state index in [1.54, 1.807) is 4.57 Å². The van der Waals surface area contributed by atoms with Gasteiger partial charge in [-0.2, -0.15) is 0 Å². The lowest BCUT2D eigenvalue weighted by Gasteiger charge is -2.23. The Kier molecular flexibility index (Phi) is 4.25. The van der Waals surface area contributed by atoms with Crippen molar-refractivity contribution in [3.05, 3.63) is 38.1 Å². The Morgan fingerprint density at radius 3 is 2.52 bits per heavy atom. The summed E-state index contributed by atoms with van der Waals surface area (Å²) in [5.74, 6) is -1.25. The summed E-state index contributed by atoms with van der Waals surface area (Å²) in [5, 5.41) is 10.3. The van der Waals surface area contributed by atoms with Gasteiger partial charge in [0.05, 0.1) is 21.2 Å². The number of aromatic carboxylic acids is 1. The molecule has 1 fully saturated rings. The van der Waals surface area contributed by atoms with Crippen molar-refractivity contribution in [1.29, 1.82) is 0 Å². The third-order valence-electron chi connectivity index (χ3n) is 4.22. The number of rotatable bonds is 3. The van der Waals surface area contributed by atoms with Gasteiger partial charge in [-0.05, 0) is 25.8 Å². The van der Waals surface area contributed by atoms with Gasteiger partial charge in [-0.3, -0.25) is 4.79 Å². The van der Waals surface area contributed by atoms with Crippen molar-refractivity contribution in [2.45, 2.75) is 26.3 Å². The van der Waals surface area contributed by atoms with Crippen LogP contribution in [0.5, 0.6) is 0 Å². The minimum absolute atomic E-state index is 0.240. The number of hydrogen-bond acceptors (Lipinski definition) is 3. The molecule has 0 saturated carbocycles. The summed E-state index contributed by atoms with van der Waals surface area (Å²) in [5.41, 5.74) is 0.424. The van der Waals surface area contributed by atoms with Crippen LogP contribution in [0.15, 0.2) is 17.1 Å². The quantitative estimate of drug-likeness (QED) is 0.913. The second kappa shape index (κ2) is 6.06. The fraction of sp³-hybridized carbons (Fsp3) is 0.375. The Hall–Kier alpha value is -1.72. The van der Waals surface area contributed by atoms with Gasteiger partial charge < -0.3 is 14.6 Å². The molecule has 3 rings (SSSR count). The molecule has 7 heteroatoms. The van der Waals surface area contributed by atoms with E-state index < -0.39 is 11.4 Å². The normalized spacial score (nSPS) is 14.7. The van der Waals surface area contributed by atoms with Crippen LogP contribution in [0.2, 0.25) is 10.0 Å². The molecule has 1 aliphatic rings. The number of aromatic nitrogens is 1. The summed E-state index contributed by atoms with van der Waals surface area (Å²) in [6, 6.07) is 1.54. The summed E-state index contributed by atoms with van der Waals surface area (Å²) < 4.78 is 1.69. The number of anilines is 1. The van der Waals surface area contributed by atoms with Crippen LogP contribution in [0.4, 0.5) is 5.69 Å². The monoisotopic (exact) mass is 354 g/mol. The molecule has 23 heavy (non-hydrogen) atoms. The first-order valence-electron chi connectivity index (χ1n) is 7.49. The number of carboxylic acid groups (broad SMARTS) is 1. The van der Waals surface area contributed by atoms with Gasteiger partial charge >= 0.3 is 5.97 Å². The van der Waals surface area contributed by atoms with E-state index in [4.69, 9.17) is 23.2 Å². The number of carboxylic acids is 1. The van der Waals surface area contributed by atoms with Gasteiger partial charge in [-0.1, -0.05) is 23.2 Å². The molecule has 1 aliphatic heterocycles. The number of nitrogens with zero attached hydrogens (tertiary/aromatic N) is 2. The molecular weight excluding hydrogens is 339 g/mol. The zero-order chi connectivity index (χ0) is 16.7. The van der Waals surface area contributed by atoms with Gasteiger partial charge in [0.25, 0.3) is 0 Å². The SMILES string of the molecule is CCn1cc(C(=O)O)c(=O)c2cc(Cl)c(N3CCCC3)c(Cl)c21. The highest BCUT2D eigenvalue weighted by atomic mass is 35.5. The average molecular weight is 355 g/mol. The van der Waals surface area contributed by atoms with E-state index in [2.05, 4.69) is 4.90 Å². The Labute approximate surface area is 143 Å². The lowest BCUT2D eigenvalue weighted by molar-refractivity contribution is 0.0695. The standard InChI is InChI=1S/C16H16Cl2N2O3/c1-2-19-8-10(16(22)23)15(21)9-7-11(17)14(12(18)13(9)19)20-5-3-4-6-20/h7-8H,2-6H2,1H3,(H,22,23). The van der Waals surface area contributed by atoms with E-state index in [-0.39, 0.29) is 10.9 Å². The van der Waals surface area contributed by atoms with E-state index in [0.29, 0.717) is 22.1 Å². The van der Waals surface area contributed by atoms with E-state index in [1.165, 1.54) is 12.3 Å². The van der Waals surface area contributed by atoms with Gasteiger partial charge in [0.1, 0.15) is 5.56 Å². The minimum atomic E-state index is -1.25. The first-order chi connectivity index (χ1) is 11.0. The lowest BCUT2D eigenvalue weighted by Crippen LogP contribution is -2.22. The van der Waals surface area contributed by atoms with Gasteiger partial charge in [0.15, 0.2) is 0 Å². The summed E-state index contributed by atoms with van der Waals surface area (Å²) in [6.07, 6.45) is 3.49. The van der Waals surface area contributed by atoms with Gasteiger partial charge in [-0.15, -0.1) is 0 Å². The van der Waals surface area contributed by atoms with Crippen molar-refractivity contribution >= 4 is 45.8 Å². The Morgan fingerprint density at radius 2 is 1.96 bits per heavy atom. The summed E-state index contributed by atoms with van der Waals surface area (Å²) in [4.78, 5) is 25.9. The number of halogens is 2. The molecule has 5 nitrogen and oxygen atoms in total. The fourth-order valence-corrected chi connectivity index (χ4v) is 3.91. The first kappa shape index (κ1) is 16.1. The van der Waals surface area contributed by atoms with E-state index in [1.807, 2.05) is 6.92 Å². The zero-order valence-electron chi connectivity index (χ0n) is 12.6. The topological polar surface area (TPSA) is 62.5 Å². The van der Waals surface area contributed by atoms with Gasteiger partial charge in [0, 0.05) is 31.2 Å². The van der Waals surface area contributed by atoms with Crippen molar-refractivity contribution in [2.75, 3.05) is 18.0 Å². The van der Waals surface area contributed by atoms with Gasteiger partial charge in [-0.25, -0.2) is 4.79 Å². The smallest absolute Gasteiger partial charge is 0.341 e. The third kappa shape index (κ3) is 2.58. The number of aryl methyl sites for hydroxylation is 1. The average Bonchev–Trinajstić information content (AvgIpc) is 3.02. The third-order valence-corrected chi connectivity index (χ3v) is 4.87. The van der Waals surface area contributed by atoms with Crippen molar-refractivity contribution in [3.63, 3.8) is 0 Å². The number of benzene rings is 1. The Morgan fingerprint density at radius 1 is 1.30 bits per heavy atom. The number of hydrogen-bond donors (Lipinski definition) is 1. The molecule has 0 aliphatic carbocycles. The van der Waals surface area contributed by atoms with Crippen molar-refractivity contribution in [3.8, 4) is 0 Å². The first-order valence-corrected chi connectivity index (χ1v) is 8.24. The van der Waals surface area contributed by atoms with Crippen molar-refractivity contribution in [2.24, 2.45) is 0 Å². The summed E-state index contributed by atoms with van der Waals surface area (Å²) >= 11 is 12.9. The molecule has 2 aromatic rings. The van der Waals surface area contributed by atoms with E-state index in [0.717, 1.165) is 31.6 Å². The molecule has 0 amide bonds. The molecule has 1 saturated heterocycles. The zero-order valence-corrected chi connectivity index (χ0v) is 14.1. The highest BCUT2D eigenvalue weighted by Gasteiger charge is 2.24. The predicted molar refractivity (Wildman–Crippen MR) is 92.3 cm³/mol. The highest BCUT2D eigenvalue weighted by molar-refractivity contribution is 6.42. The summed E-state index contributed by atoms with van der Waals surface area (Å²) in [7, 11) is 0. The highest BCUT2D eigenvalue weighted by Crippen LogP contribution is 2.40. The van der Waals surface area contributed by atoms with Crippen LogP contribution in [0.3, 0.4) is 0 Å². The van der Waals surface area contributed by atoms with E-state index in [9.17, 15) is 14.7 Å². The van der Waals surface area contributed by atoms with Crippen LogP contribution >= 0.6 is 23.2 Å². The van der Waals surface area contributed by atoms with Crippen LogP contribution < -0.4 is 10.3 Å². The second-order valence-electron chi connectivity index (χ2n) is 5.57. The molecule has 0 spiro atoms. The molecule has 1 aromatic carbocycles. The van der Waals surface area contributed by atoms with Crippen LogP contribution in [0.25, 0.3) is 10.9 Å². The molecule has 0 unspecified atom stereocenters. The van der Waals surface area contributed by atoms with Crippen molar-refractivity contribution in [1.82, 2.24) is 4.57 Å². The minimum Gasteiger partial charge on any atom is -0.477 e. The predicted octanol–water partition coefficient (Wildman–Crippen LogP) is 3.63. The number of fused-ring (bicyclic) bond motifs is 1. The molecule has 1 aromatic heterocycles. The molecule has 0 atom stereocenters. The second-order valence-corrected chi connectivity index (χ2v) is 6.36. The van der Waals surface area contributed by atoms with Crippen LogP contribution in [0, 0.1) is 0 Å². The van der Waals surface area contributed by atoms with Gasteiger partial charge in [0.2, 0.25) is 5.43 Å². The lowest BCUT2D eigenvalue weighted by atomic mass is 10.1. The maximum absolute atomic E-state index is 12.5. The van der Waals surface area contributed by atoms with Crippen LogP contribution in [-0.4, -0.2) is 28.7 Å². The molecule has 0 bridgehead atoms. The molecule has 0 radical (unpaired) electrons. The molecule has 122 valence electrons. The summed E-state index contributed by atoms with van der Waals surface area (Å²) in [6.45, 7) is 4.11. The number of pyridine rings is 1. The Bertz CT molecular complexity index is 855. The number of carbonyl (C=O) groups is 1. The fourth-order valence-electron chi connectivity index (χ4n) is 3.11. The van der Waals surface area contributed by atoms with Crippen LogP contribution in [-0.2, 0) is 6.54 Å². The molecule has 1 N–H and O–H groups in total. The van der Waals surface area contributed by atoms with Crippen molar-refractivity contribution < 1.29 is 9.90 Å². The Balaban J connectivity index is 2.39. The maximum Gasteiger partial charge on any atom is 0.341 e.